The zero-order valence-electron chi connectivity index (χ0n) is 10.5. The summed E-state index contributed by atoms with van der Waals surface area (Å²) in [4.78, 5) is 36.2. The minimum Gasteiger partial charge on any atom is -0.349 e. The number of hydrogen-bond acceptors (Lipinski definition) is 3. The molecule has 100 valence electrons. The van der Waals surface area contributed by atoms with Crippen LogP contribution in [0.25, 0.3) is 0 Å². The molecule has 1 fully saturated rings. The fourth-order valence-electron chi connectivity index (χ4n) is 2.22. The second kappa shape index (κ2) is 6.13. The van der Waals surface area contributed by atoms with Crippen molar-refractivity contribution in [3.05, 3.63) is 35.9 Å². The fraction of sp³-hybridized carbons (Fsp3) is 0.357. The van der Waals surface area contributed by atoms with Gasteiger partial charge >= 0.3 is 0 Å². The number of benzene rings is 1. The molecule has 0 aromatic heterocycles. The summed E-state index contributed by atoms with van der Waals surface area (Å²) in [6.07, 6.45) is 1.82. The first-order valence-corrected chi connectivity index (χ1v) is 6.29. The lowest BCUT2D eigenvalue weighted by molar-refractivity contribution is -0.123. The Kier molecular flexibility index (Phi) is 4.28. The number of rotatable bonds is 3. The second-order valence-electron chi connectivity index (χ2n) is 4.54. The van der Waals surface area contributed by atoms with Gasteiger partial charge in [-0.1, -0.05) is 18.2 Å². The van der Waals surface area contributed by atoms with Crippen LogP contribution < -0.4 is 5.32 Å². The number of nitrogens with one attached hydrogen (secondary N) is 1. The lowest BCUT2D eigenvalue weighted by atomic mass is 10.1. The van der Waals surface area contributed by atoms with Gasteiger partial charge in [-0.05, 0) is 25.0 Å². The first-order chi connectivity index (χ1) is 9.22. The van der Waals surface area contributed by atoms with E-state index in [-0.39, 0.29) is 18.2 Å². The van der Waals surface area contributed by atoms with E-state index in [1.807, 2.05) is 6.07 Å². The van der Waals surface area contributed by atoms with E-state index in [0.717, 1.165) is 0 Å². The van der Waals surface area contributed by atoms with E-state index in [4.69, 9.17) is 0 Å². The lowest BCUT2D eigenvalue weighted by Crippen LogP contribution is -2.41. The summed E-state index contributed by atoms with van der Waals surface area (Å²) in [5.41, 5.74) is 0.581. The number of ketones is 1. The number of amides is 2. The summed E-state index contributed by atoms with van der Waals surface area (Å²) >= 11 is 0. The fourth-order valence-corrected chi connectivity index (χ4v) is 2.22. The molecule has 1 N–H and O–H groups in total. The highest BCUT2D eigenvalue weighted by Crippen LogP contribution is 2.12. The van der Waals surface area contributed by atoms with E-state index in [9.17, 15) is 14.4 Å². The van der Waals surface area contributed by atoms with Gasteiger partial charge in [0.05, 0.1) is 12.6 Å². The topological polar surface area (TPSA) is 66.5 Å². The van der Waals surface area contributed by atoms with Gasteiger partial charge < -0.3 is 10.2 Å². The summed E-state index contributed by atoms with van der Waals surface area (Å²) in [7, 11) is 0. The van der Waals surface area contributed by atoms with Crippen molar-refractivity contribution in [3.63, 3.8) is 0 Å². The highest BCUT2D eigenvalue weighted by atomic mass is 16.2. The minimum atomic E-state index is -0.467. The molecule has 2 rings (SSSR count). The molecular formula is C14H16N2O3. The van der Waals surface area contributed by atoms with Crippen LogP contribution in [0.2, 0.25) is 0 Å². The van der Waals surface area contributed by atoms with Gasteiger partial charge in [0.2, 0.25) is 6.41 Å². The molecule has 1 atom stereocenters. The van der Waals surface area contributed by atoms with Gasteiger partial charge in [-0.3, -0.25) is 14.4 Å². The SMILES string of the molecule is O=CNC1CCCN(C(=O)c2ccccc2)CC1=O. The molecule has 19 heavy (non-hydrogen) atoms. The molecule has 1 saturated heterocycles. The van der Waals surface area contributed by atoms with Crippen LogP contribution >= 0.6 is 0 Å². The standard InChI is InChI=1S/C14H16N2O3/c17-10-15-12-7-4-8-16(9-13(12)18)14(19)11-5-2-1-3-6-11/h1-3,5-6,10,12H,4,7-9H2,(H,15,17). The Labute approximate surface area is 111 Å². The predicted octanol–water partition coefficient (Wildman–Crippen LogP) is 0.606. The quantitative estimate of drug-likeness (QED) is 0.810. The Bertz CT molecular complexity index is 473. The monoisotopic (exact) mass is 260 g/mol. The first kappa shape index (κ1) is 13.3. The molecule has 0 spiro atoms. The van der Waals surface area contributed by atoms with Gasteiger partial charge in [0.15, 0.2) is 5.78 Å². The molecule has 5 heteroatoms. The second-order valence-corrected chi connectivity index (χ2v) is 4.54. The van der Waals surface area contributed by atoms with E-state index in [2.05, 4.69) is 5.32 Å². The number of nitrogens with zero attached hydrogens (tertiary/aromatic N) is 1. The third-order valence-electron chi connectivity index (χ3n) is 3.23. The molecule has 1 heterocycles. The van der Waals surface area contributed by atoms with Crippen molar-refractivity contribution < 1.29 is 14.4 Å². The molecule has 0 aliphatic carbocycles. The van der Waals surface area contributed by atoms with Gasteiger partial charge in [0, 0.05) is 12.1 Å². The van der Waals surface area contributed by atoms with E-state index in [1.165, 1.54) is 0 Å². The van der Waals surface area contributed by atoms with Crippen LogP contribution in [0.1, 0.15) is 23.2 Å². The van der Waals surface area contributed by atoms with Gasteiger partial charge in [-0.15, -0.1) is 0 Å². The van der Waals surface area contributed by atoms with Crippen LogP contribution in [-0.2, 0) is 9.59 Å². The van der Waals surface area contributed by atoms with Gasteiger partial charge in [0.1, 0.15) is 0 Å². The molecule has 1 aromatic carbocycles. The molecule has 1 aromatic rings. The summed E-state index contributed by atoms with van der Waals surface area (Å²) in [5, 5.41) is 2.51. The van der Waals surface area contributed by atoms with Crippen molar-refractivity contribution in [3.8, 4) is 0 Å². The number of carbonyl (C=O) groups is 3. The van der Waals surface area contributed by atoms with E-state index in [0.29, 0.717) is 31.4 Å². The van der Waals surface area contributed by atoms with E-state index >= 15 is 0 Å². The van der Waals surface area contributed by atoms with Crippen molar-refractivity contribution in [1.29, 1.82) is 0 Å². The van der Waals surface area contributed by atoms with Crippen molar-refractivity contribution in [1.82, 2.24) is 10.2 Å². The van der Waals surface area contributed by atoms with Crippen molar-refractivity contribution >= 4 is 18.1 Å². The Morgan fingerprint density at radius 1 is 1.32 bits per heavy atom. The average molecular weight is 260 g/mol. The highest BCUT2D eigenvalue weighted by Gasteiger charge is 2.27. The van der Waals surface area contributed by atoms with E-state index in [1.54, 1.807) is 29.2 Å². The summed E-state index contributed by atoms with van der Waals surface area (Å²) in [6, 6.07) is 8.44. The van der Waals surface area contributed by atoms with Crippen LogP contribution in [0.15, 0.2) is 30.3 Å². The zero-order chi connectivity index (χ0) is 13.7. The highest BCUT2D eigenvalue weighted by molar-refractivity contribution is 5.98. The number of hydrogen-bond donors (Lipinski definition) is 1. The third-order valence-corrected chi connectivity index (χ3v) is 3.23. The van der Waals surface area contributed by atoms with Crippen molar-refractivity contribution in [2.24, 2.45) is 0 Å². The Morgan fingerprint density at radius 3 is 2.74 bits per heavy atom. The third kappa shape index (κ3) is 3.19. The maximum Gasteiger partial charge on any atom is 0.254 e. The molecule has 0 radical (unpaired) electrons. The maximum absolute atomic E-state index is 12.2. The van der Waals surface area contributed by atoms with Crippen LogP contribution in [-0.4, -0.2) is 42.1 Å². The number of carbonyl (C=O) groups excluding carboxylic acids is 3. The predicted molar refractivity (Wildman–Crippen MR) is 69.6 cm³/mol. The van der Waals surface area contributed by atoms with Gasteiger partial charge in [0.25, 0.3) is 5.91 Å². The minimum absolute atomic E-state index is 0.0548. The molecule has 1 aliphatic heterocycles. The summed E-state index contributed by atoms with van der Waals surface area (Å²) in [6.45, 7) is 0.593. The summed E-state index contributed by atoms with van der Waals surface area (Å²) in [5.74, 6) is -0.255. The molecule has 2 amide bonds. The molecule has 1 unspecified atom stereocenters. The molecule has 0 saturated carbocycles. The summed E-state index contributed by atoms with van der Waals surface area (Å²) < 4.78 is 0. The first-order valence-electron chi connectivity index (χ1n) is 6.29. The Hall–Kier alpha value is -2.17. The lowest BCUT2D eigenvalue weighted by Gasteiger charge is -2.19. The molecular weight excluding hydrogens is 244 g/mol. The van der Waals surface area contributed by atoms with Crippen LogP contribution in [0.3, 0.4) is 0 Å². The molecule has 0 bridgehead atoms. The average Bonchev–Trinajstić information content (AvgIpc) is 2.62. The number of likely N-dealkylation sites (tertiary alicyclic amines) is 1. The van der Waals surface area contributed by atoms with Gasteiger partial charge in [-0.25, -0.2) is 0 Å². The van der Waals surface area contributed by atoms with Crippen molar-refractivity contribution in [2.45, 2.75) is 18.9 Å². The molecule has 5 nitrogen and oxygen atoms in total. The maximum atomic E-state index is 12.2. The smallest absolute Gasteiger partial charge is 0.254 e. The Morgan fingerprint density at radius 2 is 2.05 bits per heavy atom. The van der Waals surface area contributed by atoms with Crippen LogP contribution in [0, 0.1) is 0 Å². The normalized spacial score (nSPS) is 19.7. The van der Waals surface area contributed by atoms with Crippen LogP contribution in [0.5, 0.6) is 0 Å². The Balaban J connectivity index is 2.08. The van der Waals surface area contributed by atoms with Crippen molar-refractivity contribution in [2.75, 3.05) is 13.1 Å². The van der Waals surface area contributed by atoms with E-state index < -0.39 is 6.04 Å². The molecule has 1 aliphatic rings. The van der Waals surface area contributed by atoms with Gasteiger partial charge in [-0.2, -0.15) is 0 Å². The number of Topliss-reactive ketones (excluding diaryl/α,β-unsaturated/α-hetero) is 1. The largest absolute Gasteiger partial charge is 0.349 e. The van der Waals surface area contributed by atoms with Crippen LogP contribution in [0.4, 0.5) is 0 Å². The zero-order valence-corrected chi connectivity index (χ0v) is 10.5.